The van der Waals surface area contributed by atoms with Crippen molar-refractivity contribution in [2.24, 2.45) is 0 Å². The molecule has 0 amide bonds. The number of benzene rings is 1. The molecular weight excluding hydrogens is 316 g/mol. The van der Waals surface area contributed by atoms with Gasteiger partial charge >= 0.3 is 18.3 Å². The fourth-order valence-electron chi connectivity index (χ4n) is 2.01. The molecule has 0 N–H and O–H groups in total. The average Bonchev–Trinajstić information content (AvgIpc) is 2.71. The minimum absolute atomic E-state index is 0.149. The predicted octanol–water partition coefficient (Wildman–Crippen LogP) is 3.90. The minimum Gasteiger partial charge on any atom is -0.284 e. The summed E-state index contributed by atoms with van der Waals surface area (Å²) in [6, 6.07) is 2.55. The van der Waals surface area contributed by atoms with Crippen molar-refractivity contribution in [3.63, 3.8) is 0 Å². The summed E-state index contributed by atoms with van der Waals surface area (Å²) in [5.74, 6) is -4.44. The molecule has 0 aliphatic rings. The largest absolute Gasteiger partial charge is 0.472 e. The van der Waals surface area contributed by atoms with Gasteiger partial charge in [0, 0.05) is 17.1 Å². The lowest BCUT2D eigenvalue weighted by molar-refractivity contribution is -0.0943. The van der Waals surface area contributed by atoms with Crippen molar-refractivity contribution in [2.45, 2.75) is 19.3 Å². The number of hydrogen-bond acceptors (Lipinski definition) is 2. The fraction of sp³-hybridized carbons (Fsp3) is 0.231. The second kappa shape index (κ2) is 4.85. The monoisotopic (exact) mass is 323 g/mol. The molecule has 0 aliphatic carbocycles. The zero-order valence-electron chi connectivity index (χ0n) is 10.8. The molecule has 1 aromatic heterocycles. The predicted molar refractivity (Wildman–Crippen MR) is 63.7 cm³/mol. The third-order valence-corrected chi connectivity index (χ3v) is 2.99. The lowest BCUT2D eigenvalue weighted by Gasteiger charge is -2.09. The molecular formula is C13H7F6NO2. The first-order chi connectivity index (χ1) is 9.93. The first-order valence-corrected chi connectivity index (χ1v) is 5.77. The van der Waals surface area contributed by atoms with Crippen LogP contribution in [0.5, 0.6) is 0 Å². The number of carbonyl (C=O) groups excluding carboxylic acids is 2. The highest BCUT2D eigenvalue weighted by molar-refractivity contribution is 6.05. The Morgan fingerprint density at radius 1 is 1.00 bits per heavy atom. The number of rotatable bonds is 1. The molecule has 3 nitrogen and oxygen atoms in total. The van der Waals surface area contributed by atoms with Gasteiger partial charge in [-0.3, -0.25) is 14.2 Å². The van der Waals surface area contributed by atoms with Gasteiger partial charge in [-0.1, -0.05) is 12.1 Å². The molecule has 0 saturated carbocycles. The average molecular weight is 323 g/mol. The topological polar surface area (TPSA) is 39.1 Å². The molecule has 2 aromatic rings. The van der Waals surface area contributed by atoms with Crippen LogP contribution in [0.2, 0.25) is 0 Å². The molecule has 0 radical (unpaired) electrons. The van der Waals surface area contributed by atoms with E-state index in [2.05, 4.69) is 0 Å². The first kappa shape index (κ1) is 16.1. The van der Waals surface area contributed by atoms with Gasteiger partial charge in [-0.15, -0.1) is 0 Å². The lowest BCUT2D eigenvalue weighted by atomic mass is 10.1. The summed E-state index contributed by atoms with van der Waals surface area (Å²) < 4.78 is 74.9. The first-order valence-electron chi connectivity index (χ1n) is 5.77. The molecule has 22 heavy (non-hydrogen) atoms. The van der Waals surface area contributed by atoms with Crippen LogP contribution < -0.4 is 0 Å². The number of halogens is 6. The Labute approximate surface area is 119 Å². The van der Waals surface area contributed by atoms with Gasteiger partial charge in [-0.2, -0.15) is 26.3 Å². The minimum atomic E-state index is -5.19. The normalized spacial score (nSPS) is 12.7. The summed E-state index contributed by atoms with van der Waals surface area (Å²) in [6.45, 7) is 1.40. The molecule has 0 atom stereocenters. The number of carbonyl (C=O) groups is 2. The highest BCUT2D eigenvalue weighted by atomic mass is 19.4. The molecule has 0 bridgehead atoms. The van der Waals surface area contributed by atoms with Crippen molar-refractivity contribution < 1.29 is 35.9 Å². The number of aryl methyl sites for hydroxylation is 1. The molecule has 9 heteroatoms. The summed E-state index contributed by atoms with van der Waals surface area (Å²) in [5, 5.41) is 0.149. The van der Waals surface area contributed by atoms with Gasteiger partial charge in [-0.25, -0.2) is 0 Å². The maximum atomic E-state index is 12.5. The molecule has 0 spiro atoms. The van der Waals surface area contributed by atoms with Gasteiger partial charge in [0.1, 0.15) is 0 Å². The second-order valence-electron chi connectivity index (χ2n) is 4.54. The molecule has 1 heterocycles. The van der Waals surface area contributed by atoms with Gasteiger partial charge < -0.3 is 0 Å². The summed E-state index contributed by atoms with van der Waals surface area (Å²) in [6.07, 6.45) is -9.49. The smallest absolute Gasteiger partial charge is 0.284 e. The van der Waals surface area contributed by atoms with Crippen LogP contribution in [0.3, 0.4) is 0 Å². The number of fused-ring (bicyclic) bond motifs is 1. The van der Waals surface area contributed by atoms with Crippen LogP contribution in [-0.4, -0.2) is 28.6 Å². The lowest BCUT2D eigenvalue weighted by Crippen LogP contribution is -2.28. The van der Waals surface area contributed by atoms with Crippen molar-refractivity contribution in [3.05, 3.63) is 35.5 Å². The van der Waals surface area contributed by atoms with E-state index in [1.807, 2.05) is 0 Å². The van der Waals surface area contributed by atoms with Crippen molar-refractivity contribution in [2.75, 3.05) is 0 Å². The van der Waals surface area contributed by atoms with E-state index >= 15 is 0 Å². The van der Waals surface area contributed by atoms with Gasteiger partial charge in [0.2, 0.25) is 0 Å². The Hall–Kier alpha value is -2.32. The second-order valence-corrected chi connectivity index (χ2v) is 4.54. The number of aromatic nitrogens is 1. The van der Waals surface area contributed by atoms with Gasteiger partial charge in [0.25, 0.3) is 5.78 Å². The standard InChI is InChI=1S/C13H7F6NO2/c1-6-5-20(11(22)13(17,18)19)9-4-7(2-3-8(6)9)10(21)12(14,15)16/h2-5H,1H3. The quantitative estimate of drug-likeness (QED) is 0.590. The Morgan fingerprint density at radius 2 is 1.59 bits per heavy atom. The fourth-order valence-corrected chi connectivity index (χ4v) is 2.01. The third kappa shape index (κ3) is 2.70. The summed E-state index contributed by atoms with van der Waals surface area (Å²) in [5.41, 5.74) is -0.983. The van der Waals surface area contributed by atoms with Crippen molar-refractivity contribution in [1.29, 1.82) is 0 Å². The van der Waals surface area contributed by atoms with E-state index in [1.165, 1.54) is 6.92 Å². The van der Waals surface area contributed by atoms with Gasteiger partial charge in [0.05, 0.1) is 5.52 Å². The molecule has 0 aliphatic heterocycles. The van der Waals surface area contributed by atoms with Crippen LogP contribution in [0.1, 0.15) is 20.7 Å². The van der Waals surface area contributed by atoms with E-state index in [1.54, 1.807) is 0 Å². The Bertz CT molecular complexity index is 769. The highest BCUT2D eigenvalue weighted by Gasteiger charge is 2.42. The van der Waals surface area contributed by atoms with E-state index in [0.717, 1.165) is 18.3 Å². The summed E-state index contributed by atoms with van der Waals surface area (Å²) in [7, 11) is 0. The van der Waals surface area contributed by atoms with Crippen LogP contribution in [0, 0.1) is 6.92 Å². The maximum Gasteiger partial charge on any atom is 0.472 e. The highest BCUT2D eigenvalue weighted by Crippen LogP contribution is 2.28. The Morgan fingerprint density at radius 3 is 2.09 bits per heavy atom. The van der Waals surface area contributed by atoms with E-state index in [0.29, 0.717) is 6.07 Å². The zero-order chi connectivity index (χ0) is 16.9. The summed E-state index contributed by atoms with van der Waals surface area (Å²) in [4.78, 5) is 22.5. The van der Waals surface area contributed by atoms with Crippen molar-refractivity contribution >= 4 is 22.6 Å². The number of hydrogen-bond donors (Lipinski definition) is 0. The van der Waals surface area contributed by atoms with Crippen molar-refractivity contribution in [3.8, 4) is 0 Å². The zero-order valence-corrected chi connectivity index (χ0v) is 10.8. The van der Waals surface area contributed by atoms with Crippen LogP contribution in [-0.2, 0) is 0 Å². The number of ketones is 1. The van der Waals surface area contributed by atoms with Crippen LogP contribution in [0.4, 0.5) is 26.3 Å². The molecule has 2 rings (SSSR count). The maximum absolute atomic E-state index is 12.5. The number of nitrogens with zero attached hydrogens (tertiary/aromatic N) is 1. The number of Topliss-reactive ketones (excluding diaryl/α,β-unsaturated/α-hetero) is 1. The summed E-state index contributed by atoms with van der Waals surface area (Å²) >= 11 is 0. The van der Waals surface area contributed by atoms with Crippen LogP contribution >= 0.6 is 0 Å². The van der Waals surface area contributed by atoms with E-state index in [-0.39, 0.29) is 15.5 Å². The molecule has 0 unspecified atom stereocenters. The number of alkyl halides is 6. The Kier molecular flexibility index (Phi) is 3.54. The molecule has 0 fully saturated rings. The van der Waals surface area contributed by atoms with E-state index < -0.39 is 35.1 Å². The molecule has 118 valence electrons. The van der Waals surface area contributed by atoms with E-state index in [4.69, 9.17) is 0 Å². The Balaban J connectivity index is 2.66. The van der Waals surface area contributed by atoms with Gasteiger partial charge in [-0.05, 0) is 18.6 Å². The van der Waals surface area contributed by atoms with Crippen molar-refractivity contribution in [1.82, 2.24) is 4.57 Å². The molecule has 0 saturated heterocycles. The SMILES string of the molecule is Cc1cn(C(=O)C(F)(F)F)c2cc(C(=O)C(F)(F)F)ccc12. The van der Waals surface area contributed by atoms with Crippen LogP contribution in [0.25, 0.3) is 10.9 Å². The third-order valence-electron chi connectivity index (χ3n) is 2.99. The van der Waals surface area contributed by atoms with Crippen LogP contribution in [0.15, 0.2) is 24.4 Å². The van der Waals surface area contributed by atoms with Gasteiger partial charge in [0.15, 0.2) is 0 Å². The molecule has 1 aromatic carbocycles. The van der Waals surface area contributed by atoms with E-state index in [9.17, 15) is 35.9 Å².